The van der Waals surface area contributed by atoms with Gasteiger partial charge in [-0.2, -0.15) is 0 Å². The van der Waals surface area contributed by atoms with Gasteiger partial charge in [0.05, 0.1) is 6.61 Å². The lowest BCUT2D eigenvalue weighted by molar-refractivity contribution is -0.146. The van der Waals surface area contributed by atoms with E-state index in [0.717, 1.165) is 0 Å². The summed E-state index contributed by atoms with van der Waals surface area (Å²) < 4.78 is 20.8. The molecule has 2 aromatic rings. The van der Waals surface area contributed by atoms with Crippen molar-refractivity contribution in [3.05, 3.63) is 34.7 Å². The van der Waals surface area contributed by atoms with Gasteiger partial charge in [-0.05, 0) is 18.2 Å². The quantitative estimate of drug-likeness (QED) is 0.451. The Bertz CT molecular complexity index is 985. The first kappa shape index (κ1) is 20.8. The molecule has 1 aromatic heterocycles. The fourth-order valence-electron chi connectivity index (χ4n) is 2.91. The molecule has 0 saturated carbocycles. The van der Waals surface area contributed by atoms with Gasteiger partial charge in [0, 0.05) is 25.3 Å². The van der Waals surface area contributed by atoms with Gasteiger partial charge in [0.2, 0.25) is 5.91 Å². The van der Waals surface area contributed by atoms with E-state index in [2.05, 4.69) is 5.32 Å². The average Bonchev–Trinajstić information content (AvgIpc) is 2.93. The van der Waals surface area contributed by atoms with E-state index in [1.54, 1.807) is 12.1 Å². The molecule has 29 heavy (non-hydrogen) atoms. The van der Waals surface area contributed by atoms with Crippen molar-refractivity contribution in [2.75, 3.05) is 25.1 Å². The Kier molecular flexibility index (Phi) is 5.87. The molecule has 1 amide bonds. The van der Waals surface area contributed by atoms with E-state index < -0.39 is 35.3 Å². The molecule has 1 fully saturated rings. The van der Waals surface area contributed by atoms with Gasteiger partial charge >= 0.3 is 11.6 Å². The number of amides is 1. The molecule has 10 nitrogen and oxygen atoms in total. The highest BCUT2D eigenvalue weighted by Gasteiger charge is 2.49. The van der Waals surface area contributed by atoms with Crippen molar-refractivity contribution in [3.63, 3.8) is 0 Å². The molecule has 10 heteroatoms. The van der Waals surface area contributed by atoms with Crippen LogP contribution >= 0.6 is 0 Å². The first-order valence-electron chi connectivity index (χ1n) is 8.82. The van der Waals surface area contributed by atoms with Gasteiger partial charge in [-0.15, -0.1) is 0 Å². The highest BCUT2D eigenvalue weighted by Crippen LogP contribution is 2.28. The number of hydrogen-bond donors (Lipinski definition) is 3. The van der Waals surface area contributed by atoms with Crippen LogP contribution < -0.4 is 15.7 Å². The summed E-state index contributed by atoms with van der Waals surface area (Å²) >= 11 is 0. The van der Waals surface area contributed by atoms with Crippen molar-refractivity contribution in [2.45, 2.75) is 31.7 Å². The van der Waals surface area contributed by atoms with E-state index in [1.807, 2.05) is 0 Å². The summed E-state index contributed by atoms with van der Waals surface area (Å²) in [6.07, 6.45) is -2.19. The molecule has 1 aliphatic rings. The molecule has 0 aliphatic carbocycles. The second-order valence-corrected chi connectivity index (χ2v) is 6.82. The molecule has 1 aliphatic heterocycles. The van der Waals surface area contributed by atoms with Crippen molar-refractivity contribution in [1.82, 2.24) is 0 Å². The van der Waals surface area contributed by atoms with Crippen LogP contribution in [0, 0.1) is 0 Å². The molecule has 3 rings (SSSR count). The fraction of sp³-hybridized carbons (Fsp3) is 0.421. The molecule has 3 N–H and O–H groups in total. The topological polar surface area (TPSA) is 145 Å². The Balaban J connectivity index is 1.69. The summed E-state index contributed by atoms with van der Waals surface area (Å²) in [5.74, 6) is -0.627. The van der Waals surface area contributed by atoms with Crippen molar-refractivity contribution < 1.29 is 38.4 Å². The number of nitrogens with one attached hydrogen (secondary N) is 1. The van der Waals surface area contributed by atoms with E-state index in [1.165, 1.54) is 26.0 Å². The number of carbonyl (C=O) groups excluding carboxylic acids is 2. The number of rotatable bonds is 6. The molecule has 2 heterocycles. The summed E-state index contributed by atoms with van der Waals surface area (Å²) in [6.45, 7) is 1.82. The number of esters is 1. The van der Waals surface area contributed by atoms with E-state index in [0.29, 0.717) is 5.39 Å². The first-order valence-corrected chi connectivity index (χ1v) is 8.82. The van der Waals surface area contributed by atoms with E-state index >= 15 is 0 Å². The van der Waals surface area contributed by atoms with Crippen LogP contribution in [0.3, 0.4) is 0 Å². The Labute approximate surface area is 165 Å². The summed E-state index contributed by atoms with van der Waals surface area (Å²) in [4.78, 5) is 34.0. The second-order valence-electron chi connectivity index (χ2n) is 6.82. The zero-order valence-corrected chi connectivity index (χ0v) is 15.8. The van der Waals surface area contributed by atoms with Gasteiger partial charge in [-0.3, -0.25) is 9.59 Å². The average molecular weight is 407 g/mol. The number of aliphatic hydroxyl groups is 2. The van der Waals surface area contributed by atoms with E-state index in [-0.39, 0.29) is 36.8 Å². The maximum Gasteiger partial charge on any atom is 0.360 e. The predicted molar refractivity (Wildman–Crippen MR) is 99.6 cm³/mol. The zero-order valence-electron chi connectivity index (χ0n) is 15.8. The van der Waals surface area contributed by atoms with Crippen LogP contribution in [0.25, 0.3) is 11.0 Å². The largest absolute Gasteiger partial charge is 0.490 e. The van der Waals surface area contributed by atoms with E-state index in [4.69, 9.17) is 18.6 Å². The van der Waals surface area contributed by atoms with E-state index in [9.17, 15) is 24.6 Å². The third-order valence-corrected chi connectivity index (χ3v) is 4.41. The predicted octanol–water partition coefficient (Wildman–Crippen LogP) is 0.184. The van der Waals surface area contributed by atoms with Crippen LogP contribution in [0.4, 0.5) is 5.69 Å². The van der Waals surface area contributed by atoms with Crippen LogP contribution in [-0.4, -0.2) is 59.7 Å². The maximum atomic E-state index is 11.9. The third-order valence-electron chi connectivity index (χ3n) is 4.41. The molecule has 0 bridgehead atoms. The van der Waals surface area contributed by atoms with Gasteiger partial charge in [-0.1, -0.05) is 0 Å². The highest BCUT2D eigenvalue weighted by molar-refractivity contribution is 5.91. The number of benzene rings is 1. The summed E-state index contributed by atoms with van der Waals surface area (Å²) in [5, 5.41) is 23.8. The van der Waals surface area contributed by atoms with Crippen LogP contribution in [0.15, 0.2) is 33.5 Å². The molecule has 0 spiro atoms. The number of ether oxygens (including phenoxy) is 3. The number of carbonyl (C=O) groups is 2. The minimum Gasteiger partial charge on any atom is -0.490 e. The molecule has 3 atom stereocenters. The van der Waals surface area contributed by atoms with Crippen molar-refractivity contribution in [1.29, 1.82) is 0 Å². The lowest BCUT2D eigenvalue weighted by Gasteiger charge is -2.26. The number of anilines is 1. The molecule has 156 valence electrons. The zero-order chi connectivity index (χ0) is 21.2. The Morgan fingerprint density at radius 1 is 1.31 bits per heavy atom. The molecular weight excluding hydrogens is 386 g/mol. The Morgan fingerprint density at radius 3 is 2.76 bits per heavy atom. The van der Waals surface area contributed by atoms with Crippen molar-refractivity contribution in [2.24, 2.45) is 0 Å². The summed E-state index contributed by atoms with van der Waals surface area (Å²) in [7, 11) is 0. The summed E-state index contributed by atoms with van der Waals surface area (Å²) in [6, 6.07) is 6.14. The summed E-state index contributed by atoms with van der Waals surface area (Å²) in [5.41, 5.74) is -2.16. The van der Waals surface area contributed by atoms with Gasteiger partial charge in [0.15, 0.2) is 5.60 Å². The highest BCUT2D eigenvalue weighted by atomic mass is 16.6. The second kappa shape index (κ2) is 8.19. The van der Waals surface area contributed by atoms with Gasteiger partial charge in [0.25, 0.3) is 0 Å². The monoisotopic (exact) mass is 407 g/mol. The van der Waals surface area contributed by atoms with Crippen molar-refractivity contribution >= 4 is 28.5 Å². The number of aliphatic hydroxyl groups excluding tert-OH is 1. The number of fused-ring (bicyclic) bond motifs is 1. The molecular formula is C19H21NO9. The minimum atomic E-state index is -1.70. The normalized spacial score (nSPS) is 23.7. The molecule has 1 aromatic carbocycles. The first-order chi connectivity index (χ1) is 13.7. The maximum absolute atomic E-state index is 11.9. The van der Waals surface area contributed by atoms with Crippen LogP contribution in [0.1, 0.15) is 13.8 Å². The van der Waals surface area contributed by atoms with Crippen molar-refractivity contribution in [3.8, 4) is 5.75 Å². The SMILES string of the molecule is CC(=O)Nc1cc2ccc(OCC3(O)COC(COC(C)=O)C3O)cc2oc1=O. The van der Waals surface area contributed by atoms with Gasteiger partial charge in [0.1, 0.15) is 42.4 Å². The van der Waals surface area contributed by atoms with Crippen LogP contribution in [-0.2, 0) is 19.1 Å². The van der Waals surface area contributed by atoms with Crippen LogP contribution in [0.2, 0.25) is 0 Å². The lowest BCUT2D eigenvalue weighted by Crippen LogP contribution is -2.49. The lowest BCUT2D eigenvalue weighted by atomic mass is 9.98. The number of hydrogen-bond acceptors (Lipinski definition) is 9. The fourth-order valence-corrected chi connectivity index (χ4v) is 2.91. The Morgan fingerprint density at radius 2 is 2.07 bits per heavy atom. The molecule has 3 unspecified atom stereocenters. The van der Waals surface area contributed by atoms with Gasteiger partial charge < -0.3 is 34.2 Å². The standard InChI is InChI=1S/C19H21NO9/c1-10(21)20-14-5-12-3-4-13(6-15(12)29-18(14)24)27-8-19(25)9-28-16(17(19)23)7-26-11(2)22/h3-6,16-17,23,25H,7-9H2,1-2H3,(H,20,21). The Hall–Kier alpha value is -2.95. The van der Waals surface area contributed by atoms with Gasteiger partial charge in [-0.25, -0.2) is 4.79 Å². The molecule has 1 saturated heterocycles. The van der Waals surface area contributed by atoms with Crippen LogP contribution in [0.5, 0.6) is 5.75 Å². The smallest absolute Gasteiger partial charge is 0.360 e. The third kappa shape index (κ3) is 4.73. The minimum absolute atomic E-state index is 0.0260. The molecule has 0 radical (unpaired) electrons.